The number of hydrogen-bond acceptors (Lipinski definition) is 5. The number of phenolic OH excluding ortho intramolecular Hbond substituents is 3. The lowest BCUT2D eigenvalue weighted by Crippen LogP contribution is -2.09. The van der Waals surface area contributed by atoms with Crippen LogP contribution in [0.5, 0.6) is 17.2 Å². The SMILES string of the molecule is Bc1c(O)c(O)c(-c2c3ccccc3c(-c3c(C4=CC=C(O)CC=C4)ccc4oc5ccccc5c34)c3ccccc23)c(O)c1-c1ccccc1. The maximum absolute atomic E-state index is 12.2. The van der Waals surface area contributed by atoms with Crippen LogP contribution in [0.15, 0.2) is 150 Å². The Hall–Kier alpha value is -6.66. The highest BCUT2D eigenvalue weighted by molar-refractivity contribution is 6.39. The molecule has 8 aromatic rings. The molecular weight excluding hydrogens is 631 g/mol. The summed E-state index contributed by atoms with van der Waals surface area (Å²) in [7, 11) is 1.70. The van der Waals surface area contributed by atoms with E-state index >= 15 is 0 Å². The van der Waals surface area contributed by atoms with Gasteiger partial charge in [0.2, 0.25) is 0 Å². The highest BCUT2D eigenvalue weighted by Gasteiger charge is 2.29. The highest BCUT2D eigenvalue weighted by atomic mass is 16.3. The van der Waals surface area contributed by atoms with Crippen molar-refractivity contribution >= 4 is 62.4 Å². The fourth-order valence-electron chi connectivity index (χ4n) is 7.80. The first-order chi connectivity index (χ1) is 24.9. The third-order valence-electron chi connectivity index (χ3n) is 10.1. The van der Waals surface area contributed by atoms with E-state index in [4.69, 9.17) is 4.42 Å². The van der Waals surface area contributed by atoms with E-state index in [0.29, 0.717) is 23.0 Å². The minimum atomic E-state index is -0.378. The van der Waals surface area contributed by atoms with Gasteiger partial charge in [0, 0.05) is 33.9 Å². The number of aromatic hydroxyl groups is 3. The van der Waals surface area contributed by atoms with Crippen molar-refractivity contribution in [3.8, 4) is 50.6 Å². The standard InChI is InChI=1S/C45H31BO5/c46-42-36(26-11-2-1-3-12-26)43(48)41(44(49)45(42)50)38-31-17-6-4-15-29(31)37(30-16-5-7-18-32(30)38)40-28(25-13-10-14-27(47)22-21-25)23-24-35-39(40)33-19-8-9-20-34(33)51-35/h1-13,15-24,47-50H,14,46H2. The van der Waals surface area contributed by atoms with E-state index in [2.05, 4.69) is 24.3 Å². The molecule has 1 aromatic heterocycles. The molecular formula is C45H31BO5. The van der Waals surface area contributed by atoms with Gasteiger partial charge in [-0.1, -0.05) is 121 Å². The van der Waals surface area contributed by atoms with Crippen LogP contribution in [0.1, 0.15) is 12.0 Å². The fourth-order valence-corrected chi connectivity index (χ4v) is 7.80. The number of para-hydroxylation sites is 1. The summed E-state index contributed by atoms with van der Waals surface area (Å²) in [6.45, 7) is 0. The fraction of sp³-hybridized carbons (Fsp3) is 0.0222. The summed E-state index contributed by atoms with van der Waals surface area (Å²) in [5.74, 6) is -0.481. The van der Waals surface area contributed by atoms with Gasteiger partial charge in [0.15, 0.2) is 11.5 Å². The Bertz CT molecular complexity index is 2770. The first kappa shape index (κ1) is 30.4. The number of allylic oxidation sites excluding steroid dienone is 5. The van der Waals surface area contributed by atoms with Crippen LogP contribution in [-0.4, -0.2) is 28.3 Å². The summed E-state index contributed by atoms with van der Waals surface area (Å²) >= 11 is 0. The maximum atomic E-state index is 12.2. The predicted octanol–water partition coefficient (Wildman–Crippen LogP) is 10.1. The van der Waals surface area contributed by atoms with E-state index in [0.717, 1.165) is 71.3 Å². The Balaban J connectivity index is 1.48. The Morgan fingerprint density at radius 3 is 1.75 bits per heavy atom. The van der Waals surface area contributed by atoms with E-state index in [9.17, 15) is 20.4 Å². The average molecular weight is 663 g/mol. The highest BCUT2D eigenvalue weighted by Crippen LogP contribution is 2.54. The number of furan rings is 1. The molecule has 0 amide bonds. The summed E-state index contributed by atoms with van der Waals surface area (Å²) < 4.78 is 6.44. The molecule has 0 atom stereocenters. The molecule has 0 saturated carbocycles. The molecule has 1 aliphatic rings. The van der Waals surface area contributed by atoms with Crippen LogP contribution in [0.4, 0.5) is 0 Å². The van der Waals surface area contributed by atoms with E-state index in [1.54, 1.807) is 13.9 Å². The van der Waals surface area contributed by atoms with Crippen molar-refractivity contribution in [3.05, 3.63) is 151 Å². The van der Waals surface area contributed by atoms with Crippen LogP contribution >= 0.6 is 0 Å². The third-order valence-corrected chi connectivity index (χ3v) is 10.1. The van der Waals surface area contributed by atoms with Crippen LogP contribution in [0.25, 0.3) is 82.4 Å². The molecule has 9 rings (SSSR count). The van der Waals surface area contributed by atoms with Crippen molar-refractivity contribution in [2.45, 2.75) is 6.42 Å². The largest absolute Gasteiger partial charge is 0.512 e. The molecule has 4 N–H and O–H groups in total. The number of rotatable bonds is 4. The molecule has 1 heterocycles. The van der Waals surface area contributed by atoms with E-state index in [1.807, 2.05) is 109 Å². The third kappa shape index (κ3) is 4.64. The molecule has 7 aromatic carbocycles. The zero-order valence-corrected chi connectivity index (χ0v) is 27.7. The molecule has 0 fully saturated rings. The van der Waals surface area contributed by atoms with Crippen molar-refractivity contribution in [1.29, 1.82) is 0 Å². The molecule has 0 unspecified atom stereocenters. The molecule has 0 aliphatic heterocycles. The number of fused-ring (bicyclic) bond motifs is 5. The van der Waals surface area contributed by atoms with Gasteiger partial charge in [0.25, 0.3) is 0 Å². The predicted molar refractivity (Wildman–Crippen MR) is 211 cm³/mol. The van der Waals surface area contributed by atoms with E-state index in [1.165, 1.54) is 0 Å². The molecule has 0 radical (unpaired) electrons. The maximum Gasteiger partial charge on any atom is 0.168 e. The van der Waals surface area contributed by atoms with Gasteiger partial charge in [0.1, 0.15) is 24.8 Å². The van der Waals surface area contributed by atoms with Gasteiger partial charge < -0.3 is 24.8 Å². The van der Waals surface area contributed by atoms with Crippen LogP contribution in [0.2, 0.25) is 0 Å². The molecule has 51 heavy (non-hydrogen) atoms. The molecule has 0 bridgehead atoms. The van der Waals surface area contributed by atoms with E-state index < -0.39 is 0 Å². The summed E-state index contributed by atoms with van der Waals surface area (Å²) in [6, 6.07) is 37.5. The molecule has 244 valence electrons. The number of aliphatic hydroxyl groups is 1. The Kier molecular flexibility index (Phi) is 7.00. The van der Waals surface area contributed by atoms with Crippen molar-refractivity contribution < 1.29 is 24.8 Å². The zero-order valence-electron chi connectivity index (χ0n) is 27.7. The second-order valence-corrected chi connectivity index (χ2v) is 13.0. The lowest BCUT2D eigenvalue weighted by Gasteiger charge is -2.23. The lowest BCUT2D eigenvalue weighted by molar-refractivity contribution is 0.402. The van der Waals surface area contributed by atoms with Gasteiger partial charge in [-0.15, -0.1) is 0 Å². The first-order valence-corrected chi connectivity index (χ1v) is 16.9. The summed E-state index contributed by atoms with van der Waals surface area (Å²) in [5, 5.41) is 51.0. The van der Waals surface area contributed by atoms with Gasteiger partial charge in [-0.05, 0) is 67.5 Å². The second-order valence-electron chi connectivity index (χ2n) is 13.0. The summed E-state index contributed by atoms with van der Waals surface area (Å²) in [5.41, 5.74) is 7.69. The minimum Gasteiger partial charge on any atom is -0.512 e. The van der Waals surface area contributed by atoms with Crippen molar-refractivity contribution in [3.63, 3.8) is 0 Å². The normalized spacial score (nSPS) is 13.2. The minimum absolute atomic E-state index is 0.110. The number of hydrogen-bond donors (Lipinski definition) is 4. The van der Waals surface area contributed by atoms with Crippen LogP contribution in [-0.2, 0) is 0 Å². The lowest BCUT2D eigenvalue weighted by atomic mass is 9.79. The zero-order chi connectivity index (χ0) is 34.8. The topological polar surface area (TPSA) is 94.1 Å². The van der Waals surface area contributed by atoms with Gasteiger partial charge in [0.05, 0.1) is 11.3 Å². The number of aliphatic hydroxyl groups excluding tert-OH is 1. The van der Waals surface area contributed by atoms with Gasteiger partial charge in [-0.2, -0.15) is 0 Å². The second kappa shape index (κ2) is 11.7. The van der Waals surface area contributed by atoms with Crippen LogP contribution in [0, 0.1) is 0 Å². The van der Waals surface area contributed by atoms with Gasteiger partial charge >= 0.3 is 0 Å². The van der Waals surface area contributed by atoms with Crippen LogP contribution < -0.4 is 5.46 Å². The Labute approximate surface area is 294 Å². The van der Waals surface area contributed by atoms with Crippen LogP contribution in [0.3, 0.4) is 0 Å². The van der Waals surface area contributed by atoms with Crippen molar-refractivity contribution in [1.82, 2.24) is 0 Å². The first-order valence-electron chi connectivity index (χ1n) is 16.9. The number of phenols is 3. The monoisotopic (exact) mass is 662 g/mol. The van der Waals surface area contributed by atoms with Gasteiger partial charge in [-0.3, -0.25) is 0 Å². The average Bonchev–Trinajstić information content (AvgIpc) is 3.40. The molecule has 1 aliphatic carbocycles. The number of benzene rings is 7. The quantitative estimate of drug-likeness (QED) is 0.0652. The van der Waals surface area contributed by atoms with E-state index in [-0.39, 0.29) is 28.6 Å². The van der Waals surface area contributed by atoms with Gasteiger partial charge in [-0.25, -0.2) is 0 Å². The smallest absolute Gasteiger partial charge is 0.168 e. The Morgan fingerprint density at radius 1 is 0.490 bits per heavy atom. The molecule has 5 nitrogen and oxygen atoms in total. The van der Waals surface area contributed by atoms with Crippen molar-refractivity contribution in [2.75, 3.05) is 0 Å². The summed E-state index contributed by atoms with van der Waals surface area (Å²) in [4.78, 5) is 0. The Morgan fingerprint density at radius 2 is 1.08 bits per heavy atom. The molecule has 0 spiro atoms. The molecule has 0 saturated heterocycles. The van der Waals surface area contributed by atoms with Crippen molar-refractivity contribution in [2.24, 2.45) is 0 Å². The molecule has 6 heteroatoms. The summed E-state index contributed by atoms with van der Waals surface area (Å²) in [6.07, 6.45) is 8.14.